The molecule has 1 N–H and O–H groups in total. The van der Waals surface area contributed by atoms with Crippen LogP contribution in [0.25, 0.3) is 5.69 Å². The molecule has 0 saturated carbocycles. The highest BCUT2D eigenvalue weighted by Gasteiger charge is 2.20. The molecule has 130 valence electrons. The van der Waals surface area contributed by atoms with Crippen molar-refractivity contribution in [1.29, 1.82) is 0 Å². The monoisotopic (exact) mass is 342 g/mol. The van der Waals surface area contributed by atoms with Crippen LogP contribution in [0.3, 0.4) is 0 Å². The second-order valence-corrected chi connectivity index (χ2v) is 5.64. The summed E-state index contributed by atoms with van der Waals surface area (Å²) in [6.07, 6.45) is 3.57. The number of aryl methyl sites for hydroxylation is 2. The number of hydrogen-bond donors (Lipinski definition) is 1. The van der Waals surface area contributed by atoms with Crippen LogP contribution in [0.1, 0.15) is 42.2 Å². The number of halogens is 1. The van der Waals surface area contributed by atoms with Gasteiger partial charge in [0, 0.05) is 18.9 Å². The fraction of sp³-hybridized carbons (Fsp3) is 0.294. The Morgan fingerprint density at radius 2 is 2.04 bits per heavy atom. The molecule has 7 nitrogen and oxygen atoms in total. The first-order valence-electron chi connectivity index (χ1n) is 8.01. The number of hydrogen-bond acceptors (Lipinski definition) is 4. The lowest BCUT2D eigenvalue weighted by Crippen LogP contribution is -2.29. The zero-order valence-corrected chi connectivity index (χ0v) is 14.3. The van der Waals surface area contributed by atoms with Crippen LogP contribution in [-0.4, -0.2) is 30.2 Å². The molecule has 0 bridgehead atoms. The molecule has 25 heavy (non-hydrogen) atoms. The van der Waals surface area contributed by atoms with E-state index >= 15 is 0 Å². The summed E-state index contributed by atoms with van der Waals surface area (Å²) in [5, 5.41) is 7.08. The number of benzene rings is 1. The van der Waals surface area contributed by atoms with E-state index in [1.807, 2.05) is 24.6 Å². The average molecular weight is 342 g/mol. The third-order valence-electron chi connectivity index (χ3n) is 3.87. The molecule has 0 radical (unpaired) electrons. The van der Waals surface area contributed by atoms with Gasteiger partial charge in [-0.25, -0.2) is 19.0 Å². The molecule has 1 amide bonds. The van der Waals surface area contributed by atoms with E-state index in [9.17, 15) is 9.18 Å². The molecule has 3 rings (SSSR count). The Bertz CT molecular complexity index is 883. The van der Waals surface area contributed by atoms with Gasteiger partial charge < -0.3 is 9.88 Å². The zero-order valence-electron chi connectivity index (χ0n) is 14.3. The van der Waals surface area contributed by atoms with Gasteiger partial charge in [-0.1, -0.05) is 0 Å². The predicted molar refractivity (Wildman–Crippen MR) is 89.8 cm³/mol. The molecule has 8 heteroatoms. The SMILES string of the molecule is CCn1ccnc1C(C)NC(=O)c1nc(C)n(-c2ccc(F)cc2)n1. The maximum atomic E-state index is 13.1. The zero-order chi connectivity index (χ0) is 18.0. The Hall–Kier alpha value is -3.03. The van der Waals surface area contributed by atoms with Crippen LogP contribution < -0.4 is 5.32 Å². The molecular formula is C17H19FN6O. The van der Waals surface area contributed by atoms with Crippen LogP contribution in [0.5, 0.6) is 0 Å². The van der Waals surface area contributed by atoms with Crippen LogP contribution in [0.15, 0.2) is 36.7 Å². The van der Waals surface area contributed by atoms with E-state index in [-0.39, 0.29) is 23.6 Å². The van der Waals surface area contributed by atoms with E-state index in [0.717, 1.165) is 12.4 Å². The lowest BCUT2D eigenvalue weighted by molar-refractivity contribution is 0.0927. The Balaban J connectivity index is 1.79. The number of amides is 1. The van der Waals surface area contributed by atoms with Gasteiger partial charge in [-0.15, -0.1) is 5.10 Å². The van der Waals surface area contributed by atoms with Gasteiger partial charge >= 0.3 is 0 Å². The van der Waals surface area contributed by atoms with E-state index < -0.39 is 0 Å². The van der Waals surface area contributed by atoms with E-state index in [0.29, 0.717) is 11.5 Å². The Kier molecular flexibility index (Phi) is 4.60. The first-order valence-corrected chi connectivity index (χ1v) is 8.01. The highest BCUT2D eigenvalue weighted by molar-refractivity contribution is 5.90. The normalized spacial score (nSPS) is 12.2. The van der Waals surface area contributed by atoms with Crippen LogP contribution in [-0.2, 0) is 6.54 Å². The van der Waals surface area contributed by atoms with E-state index in [2.05, 4.69) is 20.4 Å². The Labute approximate surface area is 144 Å². The van der Waals surface area contributed by atoms with Crippen molar-refractivity contribution >= 4 is 5.91 Å². The van der Waals surface area contributed by atoms with Gasteiger partial charge in [0.15, 0.2) is 0 Å². The number of nitrogens with zero attached hydrogens (tertiary/aromatic N) is 5. The molecule has 2 heterocycles. The third kappa shape index (κ3) is 3.42. The van der Waals surface area contributed by atoms with Crippen LogP contribution in [0.4, 0.5) is 4.39 Å². The summed E-state index contributed by atoms with van der Waals surface area (Å²) < 4.78 is 16.5. The number of aromatic nitrogens is 5. The molecular weight excluding hydrogens is 323 g/mol. The molecule has 1 atom stereocenters. The van der Waals surface area contributed by atoms with Crippen molar-refractivity contribution in [1.82, 2.24) is 29.6 Å². The Morgan fingerprint density at radius 3 is 2.72 bits per heavy atom. The van der Waals surface area contributed by atoms with Gasteiger partial charge in [-0.3, -0.25) is 4.79 Å². The smallest absolute Gasteiger partial charge is 0.291 e. The maximum absolute atomic E-state index is 13.1. The van der Waals surface area contributed by atoms with E-state index in [4.69, 9.17) is 0 Å². The van der Waals surface area contributed by atoms with E-state index in [1.165, 1.54) is 16.8 Å². The Morgan fingerprint density at radius 1 is 1.32 bits per heavy atom. The minimum absolute atomic E-state index is 0.0586. The molecule has 3 aromatic rings. The molecule has 0 fully saturated rings. The lowest BCUT2D eigenvalue weighted by Gasteiger charge is -2.13. The standard InChI is InChI=1S/C17H19FN6O/c1-4-23-10-9-19-16(23)11(2)20-17(25)15-21-12(3)24(22-15)14-7-5-13(18)6-8-14/h5-11H,4H2,1-3H3,(H,20,25). The van der Waals surface area contributed by atoms with Gasteiger partial charge in [0.05, 0.1) is 11.7 Å². The van der Waals surface area contributed by atoms with Crippen LogP contribution in [0, 0.1) is 12.7 Å². The molecule has 0 aliphatic heterocycles. The van der Waals surface area contributed by atoms with Crippen molar-refractivity contribution in [3.05, 3.63) is 59.9 Å². The fourth-order valence-electron chi connectivity index (χ4n) is 2.61. The van der Waals surface area contributed by atoms with E-state index in [1.54, 1.807) is 25.3 Å². The first kappa shape index (κ1) is 16.8. The molecule has 0 spiro atoms. The highest BCUT2D eigenvalue weighted by Crippen LogP contribution is 2.13. The summed E-state index contributed by atoms with van der Waals surface area (Å²) in [5.74, 6) is 0.648. The minimum atomic E-state index is -0.387. The van der Waals surface area contributed by atoms with Crippen molar-refractivity contribution in [2.45, 2.75) is 33.4 Å². The topological polar surface area (TPSA) is 77.6 Å². The van der Waals surface area contributed by atoms with Crippen molar-refractivity contribution < 1.29 is 9.18 Å². The summed E-state index contributed by atoms with van der Waals surface area (Å²) in [5.41, 5.74) is 0.639. The predicted octanol–water partition coefficient (Wildman–Crippen LogP) is 2.42. The molecule has 0 aliphatic carbocycles. The van der Waals surface area contributed by atoms with Gasteiger partial charge in [0.25, 0.3) is 5.91 Å². The van der Waals surface area contributed by atoms with Crippen LogP contribution in [0.2, 0.25) is 0 Å². The van der Waals surface area contributed by atoms with Gasteiger partial charge in [-0.05, 0) is 45.0 Å². The van der Waals surface area contributed by atoms with Gasteiger partial charge in [-0.2, -0.15) is 0 Å². The lowest BCUT2D eigenvalue weighted by atomic mass is 10.3. The second kappa shape index (κ2) is 6.84. The number of carbonyl (C=O) groups is 1. The molecule has 0 saturated heterocycles. The van der Waals surface area contributed by atoms with Crippen molar-refractivity contribution in [3.63, 3.8) is 0 Å². The minimum Gasteiger partial charge on any atom is -0.340 e. The van der Waals surface area contributed by atoms with Gasteiger partial charge in [0.1, 0.15) is 17.5 Å². The first-order chi connectivity index (χ1) is 12.0. The largest absolute Gasteiger partial charge is 0.340 e. The highest BCUT2D eigenvalue weighted by atomic mass is 19.1. The molecule has 1 aromatic carbocycles. The summed E-state index contributed by atoms with van der Waals surface area (Å²) in [6.45, 7) is 6.37. The summed E-state index contributed by atoms with van der Waals surface area (Å²) >= 11 is 0. The average Bonchev–Trinajstić information content (AvgIpc) is 3.22. The number of imidazole rings is 1. The number of nitrogens with one attached hydrogen (secondary N) is 1. The fourth-order valence-corrected chi connectivity index (χ4v) is 2.61. The number of carbonyl (C=O) groups excluding carboxylic acids is 1. The third-order valence-corrected chi connectivity index (χ3v) is 3.87. The summed E-state index contributed by atoms with van der Waals surface area (Å²) in [4.78, 5) is 20.9. The molecule has 2 aromatic heterocycles. The van der Waals surface area contributed by atoms with Crippen molar-refractivity contribution in [2.75, 3.05) is 0 Å². The summed E-state index contributed by atoms with van der Waals surface area (Å²) in [7, 11) is 0. The second-order valence-electron chi connectivity index (χ2n) is 5.64. The van der Waals surface area contributed by atoms with Crippen molar-refractivity contribution in [2.24, 2.45) is 0 Å². The molecule has 1 unspecified atom stereocenters. The summed E-state index contributed by atoms with van der Waals surface area (Å²) in [6, 6.07) is 5.56. The quantitative estimate of drug-likeness (QED) is 0.772. The van der Waals surface area contributed by atoms with Crippen molar-refractivity contribution in [3.8, 4) is 5.69 Å². The number of rotatable bonds is 5. The molecule has 0 aliphatic rings. The van der Waals surface area contributed by atoms with Crippen LogP contribution >= 0.6 is 0 Å². The maximum Gasteiger partial charge on any atom is 0.291 e. The van der Waals surface area contributed by atoms with Gasteiger partial charge in [0.2, 0.25) is 5.82 Å².